The Hall–Kier alpha value is -1.56. The summed E-state index contributed by atoms with van der Waals surface area (Å²) in [6.07, 6.45) is 5.97. The number of allylic oxidation sites excluding steroid dienone is 3. The molecule has 1 rings (SSSR count). The average molecular weight is 223 g/mol. The van der Waals surface area contributed by atoms with Crippen LogP contribution < -0.4 is 0 Å². The second-order valence-electron chi connectivity index (χ2n) is 2.43. The molecule has 1 aliphatic carbocycles. The molecule has 0 amide bonds. The van der Waals surface area contributed by atoms with E-state index in [1.807, 2.05) is 6.08 Å². The largest absolute Gasteiger partial charge is 0.673 e. The molecule has 0 aliphatic heterocycles. The lowest BCUT2D eigenvalue weighted by atomic mass is 10.1. The molecule has 0 unspecified atom stereocenters. The van der Waals surface area contributed by atoms with Crippen molar-refractivity contribution in [1.82, 2.24) is 0 Å². The predicted molar refractivity (Wildman–Crippen MR) is 47.7 cm³/mol. The maximum atomic E-state index is 9.75. The topological polar surface area (TPSA) is 45.6 Å². The zero-order chi connectivity index (χ0) is 11.9. The van der Waals surface area contributed by atoms with Crippen LogP contribution >= 0.6 is 0 Å². The first-order valence-corrected chi connectivity index (χ1v) is 3.87. The Balaban J connectivity index is 0.000000336. The van der Waals surface area contributed by atoms with Gasteiger partial charge >= 0.3 is 7.25 Å². The Morgan fingerprint density at radius 3 is 2.13 bits per heavy atom. The number of methoxy groups -OCH3 is 1. The standard InChI is InChI=1S/C7H8N2O.BF4/c1-10-7-4-2-6(9-8)3-5-7;2-1(3,4)5/h2,4-5H,3H2,1H3;/q;-1. The third-order valence-corrected chi connectivity index (χ3v) is 1.32. The van der Waals surface area contributed by atoms with Crippen LogP contribution in [0.4, 0.5) is 17.3 Å². The van der Waals surface area contributed by atoms with E-state index in [2.05, 4.69) is 4.79 Å². The quantitative estimate of drug-likeness (QED) is 0.291. The molecule has 1 aliphatic rings. The van der Waals surface area contributed by atoms with E-state index in [0.717, 1.165) is 5.76 Å². The van der Waals surface area contributed by atoms with Crippen molar-refractivity contribution in [3.05, 3.63) is 29.5 Å². The van der Waals surface area contributed by atoms with Crippen LogP contribution in [-0.4, -0.2) is 24.9 Å². The number of hydrogen-bond donors (Lipinski definition) is 0. The maximum absolute atomic E-state index is 9.75. The summed E-state index contributed by atoms with van der Waals surface area (Å²) < 4.78 is 43.9. The molecule has 0 saturated carbocycles. The van der Waals surface area contributed by atoms with Gasteiger partial charge in [-0.25, -0.2) is 0 Å². The summed E-state index contributed by atoms with van der Waals surface area (Å²) in [5.74, 6) is 0.812. The number of rotatable bonds is 1. The third kappa shape index (κ3) is 8.77. The van der Waals surface area contributed by atoms with E-state index < -0.39 is 7.25 Å². The highest BCUT2D eigenvalue weighted by Gasteiger charge is 2.20. The first-order chi connectivity index (χ1) is 6.86. The van der Waals surface area contributed by atoms with Gasteiger partial charge in [0.15, 0.2) is 0 Å². The molecule has 0 fully saturated rings. The van der Waals surface area contributed by atoms with Crippen molar-refractivity contribution in [2.45, 2.75) is 6.42 Å². The molecule has 0 aromatic heterocycles. The van der Waals surface area contributed by atoms with Gasteiger partial charge in [0.05, 0.1) is 13.5 Å². The zero-order valence-electron chi connectivity index (χ0n) is 7.83. The second kappa shape index (κ2) is 6.03. The lowest BCUT2D eigenvalue weighted by Crippen LogP contribution is -2.02. The van der Waals surface area contributed by atoms with E-state index in [4.69, 9.17) is 10.3 Å². The Bertz CT molecular complexity index is 309. The van der Waals surface area contributed by atoms with Gasteiger partial charge in [-0.3, -0.25) is 0 Å². The highest BCUT2D eigenvalue weighted by atomic mass is 19.5. The molecule has 15 heavy (non-hydrogen) atoms. The monoisotopic (exact) mass is 223 g/mol. The van der Waals surface area contributed by atoms with Gasteiger partial charge < -0.3 is 27.5 Å². The molecule has 3 nitrogen and oxygen atoms in total. The summed E-state index contributed by atoms with van der Waals surface area (Å²) in [5, 5.41) is 0. The fourth-order valence-electron chi connectivity index (χ4n) is 0.745. The number of halogens is 4. The Morgan fingerprint density at radius 1 is 1.33 bits per heavy atom. The van der Waals surface area contributed by atoms with Gasteiger partial charge in [0.25, 0.3) is 5.71 Å². The molecule has 0 spiro atoms. The van der Waals surface area contributed by atoms with E-state index in [1.54, 1.807) is 19.3 Å². The van der Waals surface area contributed by atoms with Gasteiger partial charge in [0, 0.05) is 6.08 Å². The first-order valence-electron chi connectivity index (χ1n) is 3.87. The molecule has 8 heteroatoms. The summed E-state index contributed by atoms with van der Waals surface area (Å²) >= 11 is 0. The van der Waals surface area contributed by atoms with Gasteiger partial charge in [-0.05, 0) is 12.2 Å². The van der Waals surface area contributed by atoms with Crippen molar-refractivity contribution < 1.29 is 26.8 Å². The molecule has 0 heterocycles. The molecule has 0 N–H and O–H groups in total. The van der Waals surface area contributed by atoms with Crippen LogP contribution in [0.2, 0.25) is 0 Å². The van der Waals surface area contributed by atoms with E-state index in [0.29, 0.717) is 12.1 Å². The number of nitrogens with zero attached hydrogens (tertiary/aromatic N) is 2. The summed E-state index contributed by atoms with van der Waals surface area (Å²) in [6, 6.07) is 0. The van der Waals surface area contributed by atoms with Crippen molar-refractivity contribution in [1.29, 1.82) is 0 Å². The lowest BCUT2D eigenvalue weighted by molar-refractivity contribution is -0.00554. The minimum atomic E-state index is -6.00. The minimum absolute atomic E-state index is 0.635. The summed E-state index contributed by atoms with van der Waals surface area (Å²) in [5.41, 5.74) is 8.97. The van der Waals surface area contributed by atoms with Gasteiger partial charge in [0.2, 0.25) is 0 Å². The smallest absolute Gasteiger partial charge is 0.497 e. The Labute approximate surface area is 83.8 Å². The van der Waals surface area contributed by atoms with E-state index in [1.165, 1.54) is 0 Å². The number of hydrogen-bond acceptors (Lipinski definition) is 1. The summed E-state index contributed by atoms with van der Waals surface area (Å²) in [6.45, 7) is 0. The molecule has 0 aromatic carbocycles. The second-order valence-corrected chi connectivity index (χ2v) is 2.43. The maximum Gasteiger partial charge on any atom is 0.673 e. The zero-order valence-corrected chi connectivity index (χ0v) is 7.83. The SMILES string of the molecule is COC1=CCC(=[N+]=[N-])C=C1.F[B-](F)(F)F. The van der Waals surface area contributed by atoms with Crippen LogP contribution in [0.15, 0.2) is 24.0 Å². The van der Waals surface area contributed by atoms with Crippen LogP contribution in [-0.2, 0) is 4.74 Å². The molecular weight excluding hydrogens is 215 g/mol. The van der Waals surface area contributed by atoms with Gasteiger partial charge in [0.1, 0.15) is 5.76 Å². The van der Waals surface area contributed by atoms with Crippen LogP contribution in [0, 0.1) is 0 Å². The van der Waals surface area contributed by atoms with E-state index >= 15 is 0 Å². The molecular formula is C7H8BF4N2O-. The van der Waals surface area contributed by atoms with Gasteiger partial charge in [-0.15, -0.1) is 0 Å². The highest BCUT2D eigenvalue weighted by molar-refractivity contribution is 6.50. The normalized spacial score (nSPS) is 14.7. The molecule has 0 saturated heterocycles. The predicted octanol–water partition coefficient (Wildman–Crippen LogP) is 2.45. The van der Waals surface area contributed by atoms with Crippen LogP contribution in [0.1, 0.15) is 6.42 Å². The lowest BCUT2D eigenvalue weighted by Gasteiger charge is -2.00. The van der Waals surface area contributed by atoms with Crippen molar-refractivity contribution in [2.24, 2.45) is 0 Å². The van der Waals surface area contributed by atoms with E-state index in [-0.39, 0.29) is 0 Å². The fraction of sp³-hybridized carbons (Fsp3) is 0.286. The molecule has 0 bridgehead atoms. The van der Waals surface area contributed by atoms with Crippen molar-refractivity contribution in [3.63, 3.8) is 0 Å². The molecule has 0 aromatic rings. The van der Waals surface area contributed by atoms with Crippen molar-refractivity contribution in [3.8, 4) is 0 Å². The van der Waals surface area contributed by atoms with Gasteiger partial charge in [-0.1, -0.05) is 0 Å². The average Bonchev–Trinajstić information content (AvgIpc) is 2.15. The van der Waals surface area contributed by atoms with E-state index in [9.17, 15) is 17.3 Å². The van der Waals surface area contributed by atoms with Crippen LogP contribution in [0.5, 0.6) is 0 Å². The first kappa shape index (κ1) is 13.4. The molecule has 0 atom stereocenters. The fourth-order valence-corrected chi connectivity index (χ4v) is 0.745. The van der Waals surface area contributed by atoms with Crippen LogP contribution in [0.3, 0.4) is 0 Å². The number of ether oxygens (including phenoxy) is 1. The third-order valence-electron chi connectivity index (χ3n) is 1.32. The van der Waals surface area contributed by atoms with Crippen molar-refractivity contribution in [2.75, 3.05) is 7.11 Å². The highest BCUT2D eigenvalue weighted by Crippen LogP contribution is 2.07. The minimum Gasteiger partial charge on any atom is -0.497 e. The summed E-state index contributed by atoms with van der Waals surface area (Å²) in [4.78, 5) is 3.05. The molecule has 84 valence electrons. The Kier molecular flexibility index (Phi) is 5.40. The summed E-state index contributed by atoms with van der Waals surface area (Å²) in [7, 11) is -4.39. The molecule has 0 radical (unpaired) electrons. The van der Waals surface area contributed by atoms with Crippen molar-refractivity contribution >= 4 is 13.0 Å². The van der Waals surface area contributed by atoms with Crippen LogP contribution in [0.25, 0.3) is 5.53 Å². The van der Waals surface area contributed by atoms with Gasteiger partial charge in [-0.2, -0.15) is 4.79 Å². The Morgan fingerprint density at radius 2 is 1.87 bits per heavy atom.